The van der Waals surface area contributed by atoms with Gasteiger partial charge in [0.1, 0.15) is 11.6 Å². The molecule has 3 heterocycles. The molecule has 3 fully saturated rings. The van der Waals surface area contributed by atoms with E-state index in [1.54, 1.807) is 24.5 Å². The topological polar surface area (TPSA) is 78.3 Å². The van der Waals surface area contributed by atoms with E-state index < -0.39 is 0 Å². The third kappa shape index (κ3) is 4.04. The zero-order valence-corrected chi connectivity index (χ0v) is 19.2. The summed E-state index contributed by atoms with van der Waals surface area (Å²) < 4.78 is 27.4. The van der Waals surface area contributed by atoms with Crippen molar-refractivity contribution in [3.8, 4) is 5.75 Å². The average Bonchev–Trinajstić information content (AvgIpc) is 3.15. The van der Waals surface area contributed by atoms with Crippen LogP contribution in [0.2, 0.25) is 0 Å². The molecule has 3 aliphatic rings. The molecule has 2 aromatic heterocycles. The van der Waals surface area contributed by atoms with Gasteiger partial charge in [0.15, 0.2) is 0 Å². The number of carbonyl (C=O) groups is 1. The fourth-order valence-electron chi connectivity index (χ4n) is 6.04. The number of pyridine rings is 1. The quantitative estimate of drug-likeness (QED) is 0.577. The number of anilines is 1. The Bertz CT molecular complexity index is 1200. The van der Waals surface area contributed by atoms with Crippen LogP contribution in [0.3, 0.4) is 0 Å². The number of halogens is 1. The second-order valence-electron chi connectivity index (χ2n) is 9.92. The van der Waals surface area contributed by atoms with E-state index in [0.29, 0.717) is 34.9 Å². The summed E-state index contributed by atoms with van der Waals surface area (Å²) in [5.74, 6) is 1.77. The maximum Gasteiger partial charge on any atom is 0.227 e. The highest BCUT2D eigenvalue weighted by Gasteiger charge is 2.59. The standard InChI is InChI=1S/C26H29FN4O3/c1-15(26(32)30-17-13-29-31(14-17)18-5-8-33-9-6-18)25-20-11-19(12-21(20)25)34-24-4-7-28-23-3-2-16(27)10-22(23)24/h2-4,7,10,13-15,18-21,25H,5-6,8-9,11-12H2,1H3,(H,30,32)/t15?,19-,20-,21+,25-. The molecule has 2 saturated carbocycles. The maximum absolute atomic E-state index is 13.7. The first-order chi connectivity index (χ1) is 16.6. The Morgan fingerprint density at radius 3 is 2.82 bits per heavy atom. The summed E-state index contributed by atoms with van der Waals surface area (Å²) in [6.45, 7) is 3.54. The molecule has 0 spiro atoms. The third-order valence-electron chi connectivity index (χ3n) is 7.85. The molecular weight excluding hydrogens is 435 g/mol. The number of carbonyl (C=O) groups excluding carboxylic acids is 1. The van der Waals surface area contributed by atoms with Crippen molar-refractivity contribution in [1.82, 2.24) is 14.8 Å². The fraction of sp³-hybridized carbons (Fsp3) is 0.500. The summed E-state index contributed by atoms with van der Waals surface area (Å²) >= 11 is 0. The van der Waals surface area contributed by atoms with Crippen molar-refractivity contribution in [1.29, 1.82) is 0 Å². The van der Waals surface area contributed by atoms with Gasteiger partial charge in [-0.25, -0.2) is 4.39 Å². The van der Waals surface area contributed by atoms with Crippen LogP contribution in [0.15, 0.2) is 42.9 Å². The van der Waals surface area contributed by atoms with E-state index in [9.17, 15) is 9.18 Å². The molecule has 2 aliphatic carbocycles. The molecule has 1 unspecified atom stereocenters. The summed E-state index contributed by atoms with van der Waals surface area (Å²) in [7, 11) is 0. The molecule has 1 aliphatic heterocycles. The highest BCUT2D eigenvalue weighted by molar-refractivity contribution is 5.92. The fourth-order valence-corrected chi connectivity index (χ4v) is 6.04. The van der Waals surface area contributed by atoms with Gasteiger partial charge < -0.3 is 14.8 Å². The van der Waals surface area contributed by atoms with Gasteiger partial charge in [-0.15, -0.1) is 0 Å². The number of rotatable bonds is 6. The van der Waals surface area contributed by atoms with Crippen molar-refractivity contribution in [2.24, 2.45) is 23.7 Å². The Kier molecular flexibility index (Phi) is 5.48. The van der Waals surface area contributed by atoms with Gasteiger partial charge in [-0.1, -0.05) is 6.92 Å². The molecule has 5 atom stereocenters. The van der Waals surface area contributed by atoms with Gasteiger partial charge in [0.25, 0.3) is 0 Å². The first kappa shape index (κ1) is 21.5. The molecule has 8 heteroatoms. The van der Waals surface area contributed by atoms with E-state index in [1.807, 2.05) is 17.8 Å². The van der Waals surface area contributed by atoms with E-state index in [1.165, 1.54) is 12.1 Å². The molecular formula is C26H29FN4O3. The predicted octanol–water partition coefficient (Wildman–Crippen LogP) is 4.60. The van der Waals surface area contributed by atoms with Crippen LogP contribution < -0.4 is 10.1 Å². The number of nitrogens with zero attached hydrogens (tertiary/aromatic N) is 3. The minimum atomic E-state index is -0.294. The van der Waals surface area contributed by atoms with Crippen LogP contribution in [0.5, 0.6) is 5.75 Å². The summed E-state index contributed by atoms with van der Waals surface area (Å²) in [5, 5.41) is 8.21. The molecule has 1 N–H and O–H groups in total. The zero-order chi connectivity index (χ0) is 23.2. The number of nitrogens with one attached hydrogen (secondary N) is 1. The molecule has 1 saturated heterocycles. The van der Waals surface area contributed by atoms with E-state index in [0.717, 1.165) is 50.1 Å². The first-order valence-electron chi connectivity index (χ1n) is 12.2. The number of ether oxygens (including phenoxy) is 2. The van der Waals surface area contributed by atoms with Crippen molar-refractivity contribution >= 4 is 22.5 Å². The van der Waals surface area contributed by atoms with Crippen LogP contribution in [0.25, 0.3) is 10.9 Å². The molecule has 6 rings (SSSR count). The van der Waals surface area contributed by atoms with E-state index in [4.69, 9.17) is 9.47 Å². The Labute approximate surface area is 197 Å². The van der Waals surface area contributed by atoms with Crippen molar-refractivity contribution in [3.63, 3.8) is 0 Å². The lowest BCUT2D eigenvalue weighted by Crippen LogP contribution is -2.25. The number of amides is 1. The Morgan fingerprint density at radius 1 is 1.24 bits per heavy atom. The highest BCUT2D eigenvalue weighted by Crippen LogP contribution is 2.61. The minimum Gasteiger partial charge on any atom is -0.490 e. The van der Waals surface area contributed by atoms with Crippen LogP contribution in [-0.4, -0.2) is 40.0 Å². The second kappa shape index (κ2) is 8.65. The van der Waals surface area contributed by atoms with E-state index in [2.05, 4.69) is 15.4 Å². The third-order valence-corrected chi connectivity index (χ3v) is 7.85. The Morgan fingerprint density at radius 2 is 2.03 bits per heavy atom. The smallest absolute Gasteiger partial charge is 0.227 e. The van der Waals surface area contributed by atoms with Gasteiger partial charge in [-0.2, -0.15) is 5.10 Å². The van der Waals surface area contributed by atoms with Gasteiger partial charge in [0, 0.05) is 36.9 Å². The van der Waals surface area contributed by atoms with Crippen LogP contribution in [-0.2, 0) is 9.53 Å². The molecule has 178 valence electrons. The Balaban J connectivity index is 1.04. The van der Waals surface area contributed by atoms with E-state index >= 15 is 0 Å². The largest absolute Gasteiger partial charge is 0.490 e. The number of hydrogen-bond donors (Lipinski definition) is 1. The lowest BCUT2D eigenvalue weighted by molar-refractivity contribution is -0.120. The SMILES string of the molecule is CC(C(=O)Nc1cnn(C2CCOCC2)c1)[C@@H]1[C@@H]2C[C@@H](Oc3ccnc4ccc(F)cc34)C[C@@H]21. The number of fused-ring (bicyclic) bond motifs is 2. The molecule has 1 amide bonds. The lowest BCUT2D eigenvalue weighted by atomic mass is 9.97. The molecule has 0 radical (unpaired) electrons. The van der Waals surface area contributed by atoms with E-state index in [-0.39, 0.29) is 23.7 Å². The van der Waals surface area contributed by atoms with Crippen LogP contribution in [0.4, 0.5) is 10.1 Å². The van der Waals surface area contributed by atoms with Gasteiger partial charge in [-0.3, -0.25) is 14.5 Å². The lowest BCUT2D eigenvalue weighted by Gasteiger charge is -2.22. The van der Waals surface area contributed by atoms with Crippen LogP contribution in [0, 0.1) is 29.5 Å². The molecule has 0 bridgehead atoms. The second-order valence-corrected chi connectivity index (χ2v) is 9.92. The molecule has 3 aromatic rings. The van der Waals surface area contributed by atoms with Crippen molar-refractivity contribution in [2.75, 3.05) is 18.5 Å². The molecule has 34 heavy (non-hydrogen) atoms. The van der Waals surface area contributed by atoms with Gasteiger partial charge in [0.2, 0.25) is 5.91 Å². The Hall–Kier alpha value is -3.00. The summed E-state index contributed by atoms with van der Waals surface area (Å²) in [4.78, 5) is 17.2. The monoisotopic (exact) mass is 464 g/mol. The first-order valence-corrected chi connectivity index (χ1v) is 12.2. The number of aromatic nitrogens is 3. The molecule has 7 nitrogen and oxygen atoms in total. The summed E-state index contributed by atoms with van der Waals surface area (Å²) in [6.07, 6.45) is 9.20. The number of hydrogen-bond acceptors (Lipinski definition) is 5. The van der Waals surface area contributed by atoms with Gasteiger partial charge >= 0.3 is 0 Å². The zero-order valence-electron chi connectivity index (χ0n) is 19.2. The normalized spacial score (nSPS) is 27.4. The molecule has 1 aromatic carbocycles. The number of benzene rings is 1. The van der Waals surface area contributed by atoms with Crippen molar-refractivity contribution in [3.05, 3.63) is 48.7 Å². The van der Waals surface area contributed by atoms with Crippen LogP contribution in [0.1, 0.15) is 38.6 Å². The predicted molar refractivity (Wildman–Crippen MR) is 125 cm³/mol. The summed E-state index contributed by atoms with van der Waals surface area (Å²) in [6, 6.07) is 6.71. The van der Waals surface area contributed by atoms with Crippen molar-refractivity contribution < 1.29 is 18.7 Å². The maximum atomic E-state index is 13.7. The average molecular weight is 465 g/mol. The minimum absolute atomic E-state index is 0.0546. The highest BCUT2D eigenvalue weighted by atomic mass is 19.1. The van der Waals surface area contributed by atoms with Gasteiger partial charge in [0.05, 0.1) is 29.5 Å². The van der Waals surface area contributed by atoms with Gasteiger partial charge in [-0.05, 0) is 67.7 Å². The van der Waals surface area contributed by atoms with Crippen molar-refractivity contribution in [2.45, 2.75) is 44.8 Å². The summed E-state index contributed by atoms with van der Waals surface area (Å²) in [5.41, 5.74) is 1.48. The van der Waals surface area contributed by atoms with Crippen LogP contribution >= 0.6 is 0 Å².